The Balaban J connectivity index is 3.98. The molecule has 0 aliphatic rings. The third-order valence-corrected chi connectivity index (χ3v) is 2.33. The highest BCUT2D eigenvalue weighted by Gasteiger charge is 2.16. The fraction of sp³-hybridized carbons (Fsp3) is 1.00. The molecule has 0 saturated carbocycles. The highest BCUT2D eigenvalue weighted by atomic mass is 35.5. The van der Waals surface area contributed by atoms with Gasteiger partial charge in [0.25, 0.3) is 0 Å². The molecule has 0 rings (SSSR count). The Labute approximate surface area is 70.5 Å². The van der Waals surface area contributed by atoms with E-state index in [1.807, 2.05) is 0 Å². The molecule has 2 N–H and O–H groups in total. The average Bonchev–Trinajstić information content (AvgIpc) is 1.85. The Morgan fingerprint density at radius 1 is 1.64 bits per heavy atom. The summed E-state index contributed by atoms with van der Waals surface area (Å²) in [7, 11) is -3.05. The Morgan fingerprint density at radius 2 is 2.09 bits per heavy atom. The van der Waals surface area contributed by atoms with Crippen LogP contribution in [0.25, 0.3) is 0 Å². The Kier molecular flexibility index (Phi) is 4.27. The fourth-order valence-electron chi connectivity index (χ4n) is 0.440. The van der Waals surface area contributed by atoms with Crippen LogP contribution in [0.2, 0.25) is 0 Å². The molecule has 0 heterocycles. The van der Waals surface area contributed by atoms with Crippen molar-refractivity contribution < 1.29 is 18.1 Å². The lowest BCUT2D eigenvalue weighted by Gasteiger charge is -2.14. The van der Waals surface area contributed by atoms with Crippen LogP contribution >= 0.6 is 11.6 Å². The van der Waals surface area contributed by atoms with E-state index in [0.29, 0.717) is 4.31 Å². The van der Waals surface area contributed by atoms with Crippen molar-refractivity contribution in [3.63, 3.8) is 0 Å². The summed E-state index contributed by atoms with van der Waals surface area (Å²) in [6.07, 6.45) is -0.955. The lowest BCUT2D eigenvalue weighted by Crippen LogP contribution is -2.34. The smallest absolute Gasteiger partial charge is 0.335 e. The van der Waals surface area contributed by atoms with Crippen molar-refractivity contribution >= 4 is 21.9 Å². The molecule has 0 bridgehead atoms. The number of nitrogens with zero attached hydrogens (tertiary/aromatic N) is 1. The van der Waals surface area contributed by atoms with Gasteiger partial charge >= 0.3 is 10.3 Å². The van der Waals surface area contributed by atoms with Crippen LogP contribution in [0.4, 0.5) is 0 Å². The molecular weight excluding hydrogens is 194 g/mol. The van der Waals surface area contributed by atoms with Crippen LogP contribution in [0.5, 0.6) is 0 Å². The van der Waals surface area contributed by atoms with Crippen LogP contribution in [0.15, 0.2) is 0 Å². The minimum absolute atomic E-state index is 0.0696. The van der Waals surface area contributed by atoms with Gasteiger partial charge in [0, 0.05) is 19.5 Å². The van der Waals surface area contributed by atoms with Gasteiger partial charge in [-0.2, -0.15) is 12.7 Å². The molecule has 0 aromatic carbocycles. The third kappa shape index (κ3) is 4.54. The first-order chi connectivity index (χ1) is 4.88. The molecule has 5 nitrogen and oxygen atoms in total. The zero-order valence-electron chi connectivity index (χ0n) is 5.94. The maximum atomic E-state index is 10.3. The van der Waals surface area contributed by atoms with E-state index >= 15 is 0 Å². The topological polar surface area (TPSA) is 77.8 Å². The number of aliphatic hydroxyl groups is 1. The molecule has 0 spiro atoms. The average molecular weight is 204 g/mol. The summed E-state index contributed by atoms with van der Waals surface area (Å²) in [5.74, 6) is -0.0696. The summed E-state index contributed by atoms with van der Waals surface area (Å²) in [6, 6.07) is 0. The first kappa shape index (κ1) is 11.1. The predicted molar refractivity (Wildman–Crippen MR) is 40.9 cm³/mol. The largest absolute Gasteiger partial charge is 0.391 e. The van der Waals surface area contributed by atoms with Gasteiger partial charge in [0.1, 0.15) is 0 Å². The second-order valence-corrected chi connectivity index (χ2v) is 3.89. The van der Waals surface area contributed by atoms with E-state index in [9.17, 15) is 8.42 Å². The van der Waals surface area contributed by atoms with Crippen molar-refractivity contribution in [2.45, 2.75) is 6.10 Å². The van der Waals surface area contributed by atoms with Crippen LogP contribution in [0.1, 0.15) is 0 Å². The Bertz CT molecular complexity index is 204. The van der Waals surface area contributed by atoms with Gasteiger partial charge in [-0.15, -0.1) is 11.6 Å². The number of alkyl halides is 1. The van der Waals surface area contributed by atoms with E-state index in [4.69, 9.17) is 21.3 Å². The molecule has 1 atom stereocenters. The van der Waals surface area contributed by atoms with Crippen molar-refractivity contribution in [2.24, 2.45) is 0 Å². The summed E-state index contributed by atoms with van der Waals surface area (Å²) < 4.78 is 29.6. The second-order valence-electron chi connectivity index (χ2n) is 2.07. The Morgan fingerprint density at radius 3 is 2.36 bits per heavy atom. The van der Waals surface area contributed by atoms with E-state index in [1.165, 1.54) is 0 Å². The van der Waals surface area contributed by atoms with Crippen molar-refractivity contribution in [3.05, 3.63) is 0 Å². The van der Waals surface area contributed by atoms with Gasteiger partial charge in [-0.05, 0) is 0 Å². The lowest BCUT2D eigenvalue weighted by molar-refractivity contribution is 0.170. The minimum atomic E-state index is -4.19. The molecule has 0 radical (unpaired) electrons. The highest BCUT2D eigenvalue weighted by molar-refractivity contribution is 7.83. The molecule has 7 heteroatoms. The zero-order chi connectivity index (χ0) is 9.07. The molecule has 0 aliphatic carbocycles. The maximum absolute atomic E-state index is 10.3. The van der Waals surface area contributed by atoms with Crippen LogP contribution < -0.4 is 0 Å². The number of aliphatic hydroxyl groups excluding tert-OH is 1. The molecule has 0 amide bonds. The number of likely N-dealkylation sites (N-methyl/N-ethyl adjacent to an activating group) is 1. The van der Waals surface area contributed by atoms with Gasteiger partial charge in [-0.3, -0.25) is 4.55 Å². The SMILES string of the molecule is CN(CC(O)CCl)S(=O)(=O)O. The quantitative estimate of drug-likeness (QED) is 0.469. The summed E-state index contributed by atoms with van der Waals surface area (Å²) in [6.45, 7) is -0.206. The minimum Gasteiger partial charge on any atom is -0.391 e. The molecule has 0 aromatic heterocycles. The van der Waals surface area contributed by atoms with Crippen molar-refractivity contribution in [2.75, 3.05) is 19.5 Å². The van der Waals surface area contributed by atoms with E-state index in [-0.39, 0.29) is 12.4 Å². The lowest BCUT2D eigenvalue weighted by atomic mass is 10.4. The van der Waals surface area contributed by atoms with Crippen molar-refractivity contribution in [1.82, 2.24) is 4.31 Å². The molecule has 0 saturated heterocycles. The van der Waals surface area contributed by atoms with Crippen molar-refractivity contribution in [3.8, 4) is 0 Å². The van der Waals surface area contributed by atoms with E-state index in [0.717, 1.165) is 7.05 Å². The molecule has 0 aromatic rings. The molecule has 11 heavy (non-hydrogen) atoms. The maximum Gasteiger partial charge on any atom is 0.335 e. The number of rotatable bonds is 4. The summed E-state index contributed by atoms with van der Waals surface area (Å²) in [5.41, 5.74) is 0. The molecule has 0 fully saturated rings. The molecule has 1 unspecified atom stereocenters. The summed E-state index contributed by atoms with van der Waals surface area (Å²) in [4.78, 5) is 0. The first-order valence-corrected chi connectivity index (χ1v) is 4.74. The normalized spacial score (nSPS) is 15.4. The Hall–Kier alpha value is 0.120. The van der Waals surface area contributed by atoms with Crippen LogP contribution in [-0.4, -0.2) is 48.0 Å². The van der Waals surface area contributed by atoms with Gasteiger partial charge in [0.15, 0.2) is 0 Å². The monoisotopic (exact) mass is 203 g/mol. The van der Waals surface area contributed by atoms with Gasteiger partial charge in [0.05, 0.1) is 6.10 Å². The number of hydrogen-bond acceptors (Lipinski definition) is 3. The van der Waals surface area contributed by atoms with E-state index < -0.39 is 16.4 Å². The first-order valence-electron chi connectivity index (χ1n) is 2.80. The standard InChI is InChI=1S/C4H10ClNO4S/c1-6(11(8,9)10)3-4(7)2-5/h4,7H,2-3H2,1H3,(H,8,9,10). The second kappa shape index (κ2) is 4.22. The van der Waals surface area contributed by atoms with Gasteiger partial charge in [-0.25, -0.2) is 0 Å². The highest BCUT2D eigenvalue weighted by Crippen LogP contribution is 1.96. The van der Waals surface area contributed by atoms with Crippen molar-refractivity contribution in [1.29, 1.82) is 0 Å². The predicted octanol–water partition coefficient (Wildman–Crippen LogP) is -0.679. The summed E-state index contributed by atoms with van der Waals surface area (Å²) >= 11 is 5.19. The van der Waals surface area contributed by atoms with Gasteiger partial charge in [-0.1, -0.05) is 0 Å². The van der Waals surface area contributed by atoms with Crippen LogP contribution in [0, 0.1) is 0 Å². The molecule has 68 valence electrons. The number of halogens is 1. The van der Waals surface area contributed by atoms with Gasteiger partial charge in [0.2, 0.25) is 0 Å². The molecule has 0 aliphatic heterocycles. The molecular formula is C4H10ClNO4S. The van der Waals surface area contributed by atoms with Crippen LogP contribution in [-0.2, 0) is 10.3 Å². The van der Waals surface area contributed by atoms with Gasteiger partial charge < -0.3 is 5.11 Å². The van der Waals surface area contributed by atoms with E-state index in [1.54, 1.807) is 0 Å². The fourth-order valence-corrected chi connectivity index (χ4v) is 0.898. The van der Waals surface area contributed by atoms with Crippen LogP contribution in [0.3, 0.4) is 0 Å². The number of hydrogen-bond donors (Lipinski definition) is 2. The summed E-state index contributed by atoms with van der Waals surface area (Å²) in [5, 5.41) is 8.84. The zero-order valence-corrected chi connectivity index (χ0v) is 7.51. The third-order valence-electron chi connectivity index (χ3n) is 1.04. The van der Waals surface area contributed by atoms with E-state index in [2.05, 4.69) is 0 Å².